The molecule has 5 nitrogen and oxygen atoms in total. The van der Waals surface area contributed by atoms with Crippen molar-refractivity contribution in [1.82, 2.24) is 9.88 Å². The number of hydrogen-bond acceptors (Lipinski definition) is 4. The van der Waals surface area contributed by atoms with Crippen LogP contribution in [0, 0.1) is 5.92 Å². The molecule has 0 spiro atoms. The number of primary amides is 1. The Balaban J connectivity index is 1.73. The molecule has 2 aromatic rings. The van der Waals surface area contributed by atoms with Gasteiger partial charge in [0.25, 0.3) is 0 Å². The van der Waals surface area contributed by atoms with Crippen LogP contribution in [0.1, 0.15) is 12.3 Å². The fourth-order valence-electron chi connectivity index (χ4n) is 2.42. The molecule has 0 aliphatic carbocycles. The van der Waals surface area contributed by atoms with Crippen molar-refractivity contribution in [1.29, 1.82) is 0 Å². The molecule has 2 heterocycles. The molecule has 1 fully saturated rings. The minimum Gasteiger partial charge on any atom is -0.439 e. The van der Waals surface area contributed by atoms with Crippen molar-refractivity contribution in [2.75, 3.05) is 13.1 Å². The first-order valence-corrected chi connectivity index (χ1v) is 6.98. The van der Waals surface area contributed by atoms with Crippen LogP contribution in [0.2, 0.25) is 0 Å². The summed E-state index contributed by atoms with van der Waals surface area (Å²) in [4.78, 5) is 17.7. The zero-order valence-electron chi connectivity index (χ0n) is 10.3. The Bertz CT molecular complexity index is 625. The number of amides is 1. The fraction of sp³-hybridized carbons (Fsp3) is 0.385. The number of nitrogens with zero attached hydrogens (tertiary/aromatic N) is 2. The Morgan fingerprint density at radius 3 is 3.16 bits per heavy atom. The summed E-state index contributed by atoms with van der Waals surface area (Å²) < 4.78 is 6.67. The van der Waals surface area contributed by atoms with Crippen molar-refractivity contribution in [2.24, 2.45) is 11.7 Å². The van der Waals surface area contributed by atoms with Gasteiger partial charge in [-0.2, -0.15) is 0 Å². The van der Waals surface area contributed by atoms with Gasteiger partial charge in [0.15, 0.2) is 5.58 Å². The minimum atomic E-state index is -0.219. The summed E-state index contributed by atoms with van der Waals surface area (Å²) in [6, 6.07) is 5.75. The maximum atomic E-state index is 11.1. The number of fused-ring (bicyclic) bond motifs is 1. The highest BCUT2D eigenvalue weighted by Crippen LogP contribution is 2.23. The third-order valence-electron chi connectivity index (χ3n) is 3.43. The predicted octanol–water partition coefficient (Wildman–Crippen LogP) is 1.90. The average molecular weight is 324 g/mol. The Labute approximate surface area is 118 Å². The smallest absolute Gasteiger partial charge is 0.221 e. The van der Waals surface area contributed by atoms with Gasteiger partial charge in [0.05, 0.1) is 12.5 Å². The normalized spacial score (nSPS) is 20.2. The lowest BCUT2D eigenvalue weighted by Crippen LogP contribution is -2.27. The standard InChI is InChI=1S/C13H14BrN3O2/c14-9-1-2-11-10(5-9)16-12(19-11)7-17-4-3-8(6-17)13(15)18/h1-2,5,8H,3-4,6-7H2,(H2,15,18). The van der Waals surface area contributed by atoms with E-state index in [1.807, 2.05) is 18.2 Å². The van der Waals surface area contributed by atoms with E-state index in [-0.39, 0.29) is 11.8 Å². The summed E-state index contributed by atoms with van der Waals surface area (Å²) >= 11 is 3.41. The topological polar surface area (TPSA) is 72.4 Å². The average Bonchev–Trinajstić information content (AvgIpc) is 2.95. The van der Waals surface area contributed by atoms with E-state index in [9.17, 15) is 4.79 Å². The number of likely N-dealkylation sites (tertiary alicyclic amines) is 1. The molecule has 1 saturated heterocycles. The number of carbonyl (C=O) groups is 1. The second-order valence-corrected chi connectivity index (χ2v) is 5.76. The van der Waals surface area contributed by atoms with Gasteiger partial charge in [-0.15, -0.1) is 0 Å². The molecule has 2 N–H and O–H groups in total. The largest absolute Gasteiger partial charge is 0.439 e. The molecule has 0 radical (unpaired) electrons. The van der Waals surface area contributed by atoms with Crippen molar-refractivity contribution in [3.8, 4) is 0 Å². The van der Waals surface area contributed by atoms with Crippen LogP contribution in [0.5, 0.6) is 0 Å². The molecule has 19 heavy (non-hydrogen) atoms. The summed E-state index contributed by atoms with van der Waals surface area (Å²) in [5.74, 6) is 0.417. The van der Waals surface area contributed by atoms with Crippen LogP contribution >= 0.6 is 15.9 Å². The van der Waals surface area contributed by atoms with E-state index in [1.165, 1.54) is 0 Å². The number of aromatic nitrogens is 1. The van der Waals surface area contributed by atoms with Crippen molar-refractivity contribution < 1.29 is 9.21 Å². The molecular formula is C13H14BrN3O2. The monoisotopic (exact) mass is 323 g/mol. The van der Waals surface area contributed by atoms with E-state index in [4.69, 9.17) is 10.2 Å². The molecule has 1 aliphatic rings. The zero-order valence-corrected chi connectivity index (χ0v) is 11.9. The Kier molecular flexibility index (Phi) is 3.28. The van der Waals surface area contributed by atoms with E-state index in [1.54, 1.807) is 0 Å². The van der Waals surface area contributed by atoms with E-state index in [0.29, 0.717) is 19.0 Å². The highest BCUT2D eigenvalue weighted by molar-refractivity contribution is 9.10. The summed E-state index contributed by atoms with van der Waals surface area (Å²) in [5.41, 5.74) is 6.95. The Hall–Kier alpha value is -1.40. The van der Waals surface area contributed by atoms with Crippen LogP contribution in [0.4, 0.5) is 0 Å². The second kappa shape index (κ2) is 4.94. The maximum absolute atomic E-state index is 11.1. The number of nitrogens with two attached hydrogens (primary N) is 1. The first kappa shape index (κ1) is 12.6. The van der Waals surface area contributed by atoms with Crippen molar-refractivity contribution in [3.63, 3.8) is 0 Å². The fourth-order valence-corrected chi connectivity index (χ4v) is 2.76. The van der Waals surface area contributed by atoms with Crippen molar-refractivity contribution >= 4 is 32.9 Å². The minimum absolute atomic E-state index is 0.0430. The highest BCUT2D eigenvalue weighted by atomic mass is 79.9. The molecule has 100 valence electrons. The molecule has 3 rings (SSSR count). The molecular weight excluding hydrogens is 310 g/mol. The lowest BCUT2D eigenvalue weighted by atomic mass is 10.1. The quantitative estimate of drug-likeness (QED) is 0.936. The first-order valence-electron chi connectivity index (χ1n) is 6.18. The van der Waals surface area contributed by atoms with Crippen LogP contribution in [0.3, 0.4) is 0 Å². The number of rotatable bonds is 3. The van der Waals surface area contributed by atoms with Crippen molar-refractivity contribution in [2.45, 2.75) is 13.0 Å². The number of hydrogen-bond donors (Lipinski definition) is 1. The number of benzene rings is 1. The molecule has 1 aromatic heterocycles. The van der Waals surface area contributed by atoms with E-state index in [2.05, 4.69) is 25.8 Å². The number of oxazole rings is 1. The van der Waals surface area contributed by atoms with Crippen LogP contribution in [0.25, 0.3) is 11.1 Å². The SMILES string of the molecule is NC(=O)C1CCN(Cc2nc3cc(Br)ccc3o2)C1. The Morgan fingerprint density at radius 1 is 1.58 bits per heavy atom. The summed E-state index contributed by atoms with van der Waals surface area (Å²) in [5, 5.41) is 0. The number of halogens is 1. The molecule has 1 amide bonds. The number of carbonyl (C=O) groups excluding carboxylic acids is 1. The van der Waals surface area contributed by atoms with Gasteiger partial charge >= 0.3 is 0 Å². The van der Waals surface area contributed by atoms with Gasteiger partial charge in [-0.3, -0.25) is 9.69 Å². The van der Waals surface area contributed by atoms with Gasteiger partial charge < -0.3 is 10.2 Å². The molecule has 1 unspecified atom stereocenters. The summed E-state index contributed by atoms with van der Waals surface area (Å²) in [6.45, 7) is 2.17. The summed E-state index contributed by atoms with van der Waals surface area (Å²) in [7, 11) is 0. The second-order valence-electron chi connectivity index (χ2n) is 4.84. The lowest BCUT2D eigenvalue weighted by Gasteiger charge is -2.12. The predicted molar refractivity (Wildman–Crippen MR) is 74.3 cm³/mol. The van der Waals surface area contributed by atoms with Crippen LogP contribution in [0.15, 0.2) is 27.1 Å². The summed E-state index contributed by atoms with van der Waals surface area (Å²) in [6.07, 6.45) is 0.821. The van der Waals surface area contributed by atoms with Crippen LogP contribution in [-0.2, 0) is 11.3 Å². The third-order valence-corrected chi connectivity index (χ3v) is 3.92. The van der Waals surface area contributed by atoms with E-state index >= 15 is 0 Å². The van der Waals surface area contributed by atoms with E-state index in [0.717, 1.165) is 28.5 Å². The molecule has 6 heteroatoms. The molecule has 1 aliphatic heterocycles. The van der Waals surface area contributed by atoms with E-state index < -0.39 is 0 Å². The van der Waals surface area contributed by atoms with Gasteiger partial charge in [0.2, 0.25) is 11.8 Å². The maximum Gasteiger partial charge on any atom is 0.221 e. The zero-order chi connectivity index (χ0) is 13.4. The molecule has 1 atom stereocenters. The van der Waals surface area contributed by atoms with Gasteiger partial charge in [0, 0.05) is 11.0 Å². The third kappa shape index (κ3) is 2.64. The van der Waals surface area contributed by atoms with Crippen LogP contribution in [-0.4, -0.2) is 28.9 Å². The van der Waals surface area contributed by atoms with Crippen LogP contribution < -0.4 is 5.73 Å². The Morgan fingerprint density at radius 2 is 2.42 bits per heavy atom. The van der Waals surface area contributed by atoms with Crippen molar-refractivity contribution in [3.05, 3.63) is 28.6 Å². The first-order chi connectivity index (χ1) is 9.11. The molecule has 0 saturated carbocycles. The van der Waals surface area contributed by atoms with Gasteiger partial charge in [0.1, 0.15) is 5.52 Å². The molecule has 1 aromatic carbocycles. The lowest BCUT2D eigenvalue weighted by molar-refractivity contribution is -0.121. The van der Waals surface area contributed by atoms with Gasteiger partial charge in [-0.1, -0.05) is 15.9 Å². The highest BCUT2D eigenvalue weighted by Gasteiger charge is 2.27. The molecule has 0 bridgehead atoms. The van der Waals surface area contributed by atoms with Gasteiger partial charge in [-0.05, 0) is 31.2 Å². The van der Waals surface area contributed by atoms with Gasteiger partial charge in [-0.25, -0.2) is 4.98 Å².